The number of halogens is 2. The van der Waals surface area contributed by atoms with Gasteiger partial charge in [0.05, 0.1) is 10.9 Å². The first-order valence-corrected chi connectivity index (χ1v) is 15.9. The number of alkyl halides is 1. The van der Waals surface area contributed by atoms with Crippen LogP contribution in [0.4, 0.5) is 14.6 Å². The molecule has 9 heteroatoms. The van der Waals surface area contributed by atoms with E-state index in [4.69, 9.17) is 26.1 Å². The second-order valence-electron chi connectivity index (χ2n) is 13.3. The van der Waals surface area contributed by atoms with Gasteiger partial charge in [0.1, 0.15) is 35.5 Å². The zero-order valence-electron chi connectivity index (χ0n) is 24.6. The standard InChI is InChI=1S/C35H34F2N6O/c1-2-27-29-32(30(37)31(39-27)26-12-9-21-8-7-20-5-3-6-25(26)28(20)21)40-34(41-33(29)42-17-23-10-11-24(18-42)38-23)44-19-35-13-4-14-43(35)16-22(36)15-35/h1,3,5-6,9,12,22-24,38H,4,7-8,10-11,13-19H2/t22-,23?,24?,35+/m1/s1. The second kappa shape index (κ2) is 9.82. The second-order valence-corrected chi connectivity index (χ2v) is 13.3. The van der Waals surface area contributed by atoms with Gasteiger partial charge in [0.2, 0.25) is 0 Å². The van der Waals surface area contributed by atoms with Gasteiger partial charge in [-0.15, -0.1) is 6.42 Å². The Balaban J connectivity index is 1.21. The average Bonchev–Trinajstić information content (AvgIpc) is 3.79. The van der Waals surface area contributed by atoms with Crippen molar-refractivity contribution in [3.63, 3.8) is 0 Å². The highest BCUT2D eigenvalue weighted by atomic mass is 19.1. The van der Waals surface area contributed by atoms with Gasteiger partial charge in [-0.25, -0.2) is 13.8 Å². The number of terminal acetylenes is 1. The number of anilines is 1. The van der Waals surface area contributed by atoms with E-state index >= 15 is 4.39 Å². The van der Waals surface area contributed by atoms with Crippen LogP contribution >= 0.6 is 0 Å². The Morgan fingerprint density at radius 3 is 2.66 bits per heavy atom. The van der Waals surface area contributed by atoms with Gasteiger partial charge in [0.15, 0.2) is 5.82 Å². The van der Waals surface area contributed by atoms with Crippen LogP contribution in [0.25, 0.3) is 32.9 Å². The molecule has 4 saturated heterocycles. The maximum Gasteiger partial charge on any atom is 0.319 e. The highest BCUT2D eigenvalue weighted by Crippen LogP contribution is 2.42. The summed E-state index contributed by atoms with van der Waals surface area (Å²) >= 11 is 0. The number of hydrogen-bond donors (Lipinski definition) is 1. The molecule has 2 unspecified atom stereocenters. The van der Waals surface area contributed by atoms with Crippen molar-refractivity contribution >= 4 is 27.5 Å². The SMILES string of the molecule is C#Cc1nc(-c2ccc3c4c(cccc24)CC3)c(F)c2nc(OC[C@@]34CCCN3C[C@H](F)C4)nc(N3CC4CCC(C3)N4)c12. The largest absolute Gasteiger partial charge is 0.461 e. The van der Waals surface area contributed by atoms with Crippen LogP contribution in [0.3, 0.4) is 0 Å². The van der Waals surface area contributed by atoms with Gasteiger partial charge in [-0.1, -0.05) is 30.3 Å². The molecule has 0 radical (unpaired) electrons. The molecule has 0 spiro atoms. The molecule has 1 aliphatic carbocycles. The molecule has 2 aromatic carbocycles. The molecule has 1 N–H and O–H groups in total. The number of aromatic nitrogens is 3. The van der Waals surface area contributed by atoms with E-state index in [9.17, 15) is 4.39 Å². The lowest BCUT2D eigenvalue weighted by molar-refractivity contribution is 0.107. The Bertz CT molecular complexity index is 1870. The predicted octanol–water partition coefficient (Wildman–Crippen LogP) is 4.96. The zero-order valence-corrected chi connectivity index (χ0v) is 24.6. The molecule has 5 aliphatic rings. The number of benzene rings is 2. The van der Waals surface area contributed by atoms with Crippen LogP contribution in [0.5, 0.6) is 6.01 Å². The molecule has 9 rings (SSSR count). The molecular weight excluding hydrogens is 558 g/mol. The van der Waals surface area contributed by atoms with Crippen molar-refractivity contribution in [1.29, 1.82) is 0 Å². The lowest BCUT2D eigenvalue weighted by Crippen LogP contribution is -2.51. The van der Waals surface area contributed by atoms with Crippen LogP contribution in [-0.4, -0.2) is 76.4 Å². The van der Waals surface area contributed by atoms with E-state index < -0.39 is 12.0 Å². The summed E-state index contributed by atoms with van der Waals surface area (Å²) in [5, 5.41) is 6.25. The number of rotatable bonds is 5. The Morgan fingerprint density at radius 1 is 1.02 bits per heavy atom. The minimum absolute atomic E-state index is 0.0985. The Kier molecular flexibility index (Phi) is 5.92. The number of pyridine rings is 1. The molecule has 224 valence electrons. The van der Waals surface area contributed by atoms with Crippen LogP contribution in [0.15, 0.2) is 30.3 Å². The van der Waals surface area contributed by atoms with Crippen molar-refractivity contribution in [3.05, 3.63) is 53.0 Å². The average molecular weight is 593 g/mol. The normalized spacial score (nSPS) is 27.4. The summed E-state index contributed by atoms with van der Waals surface area (Å²) < 4.78 is 37.8. The van der Waals surface area contributed by atoms with Gasteiger partial charge >= 0.3 is 6.01 Å². The summed E-state index contributed by atoms with van der Waals surface area (Å²) in [6.07, 6.45) is 11.7. The number of ether oxygens (including phenoxy) is 1. The maximum atomic E-state index is 16.9. The van der Waals surface area contributed by atoms with Gasteiger partial charge in [-0.3, -0.25) is 4.90 Å². The van der Waals surface area contributed by atoms with E-state index in [2.05, 4.69) is 33.2 Å². The van der Waals surface area contributed by atoms with E-state index in [1.807, 2.05) is 18.2 Å². The van der Waals surface area contributed by atoms with Crippen LogP contribution in [0.2, 0.25) is 0 Å². The van der Waals surface area contributed by atoms with Crippen molar-refractivity contribution < 1.29 is 13.5 Å². The lowest BCUT2D eigenvalue weighted by atomic mass is 9.95. The van der Waals surface area contributed by atoms with E-state index in [-0.39, 0.29) is 29.4 Å². The highest BCUT2D eigenvalue weighted by molar-refractivity contribution is 6.03. The number of nitrogens with one attached hydrogen (secondary N) is 1. The molecule has 0 amide bonds. The number of hydrogen-bond acceptors (Lipinski definition) is 7. The maximum absolute atomic E-state index is 16.9. The molecule has 2 aromatic heterocycles. The molecule has 44 heavy (non-hydrogen) atoms. The fraction of sp³-hybridized carbons (Fsp3) is 0.457. The van der Waals surface area contributed by atoms with Crippen molar-refractivity contribution in [1.82, 2.24) is 25.2 Å². The van der Waals surface area contributed by atoms with Crippen molar-refractivity contribution in [3.8, 4) is 29.6 Å². The van der Waals surface area contributed by atoms with Crippen LogP contribution in [-0.2, 0) is 12.8 Å². The van der Waals surface area contributed by atoms with Gasteiger partial charge in [-0.2, -0.15) is 9.97 Å². The third-order valence-electron chi connectivity index (χ3n) is 10.8. The quantitative estimate of drug-likeness (QED) is 0.329. The van der Waals surface area contributed by atoms with Gasteiger partial charge in [0, 0.05) is 43.7 Å². The summed E-state index contributed by atoms with van der Waals surface area (Å²) in [6, 6.07) is 11.0. The summed E-state index contributed by atoms with van der Waals surface area (Å²) in [6.45, 7) is 3.01. The van der Waals surface area contributed by atoms with Gasteiger partial charge in [0.25, 0.3) is 0 Å². The molecule has 4 aromatic rings. The molecule has 6 heterocycles. The van der Waals surface area contributed by atoms with Crippen molar-refractivity contribution in [2.24, 2.45) is 0 Å². The molecular formula is C35H34F2N6O. The number of piperazine rings is 1. The Hall–Kier alpha value is -3.87. The van der Waals surface area contributed by atoms with Crippen LogP contribution in [0.1, 0.15) is 48.9 Å². The summed E-state index contributed by atoms with van der Waals surface area (Å²) in [7, 11) is 0. The van der Waals surface area contributed by atoms with Crippen molar-refractivity contribution in [2.45, 2.75) is 68.7 Å². The fourth-order valence-electron chi connectivity index (χ4n) is 8.78. The highest BCUT2D eigenvalue weighted by Gasteiger charge is 2.49. The first kappa shape index (κ1) is 26.5. The van der Waals surface area contributed by atoms with E-state index in [1.165, 1.54) is 16.5 Å². The summed E-state index contributed by atoms with van der Waals surface area (Å²) in [4.78, 5) is 18.8. The third-order valence-corrected chi connectivity index (χ3v) is 10.8. The fourth-order valence-corrected chi connectivity index (χ4v) is 8.78. The smallest absolute Gasteiger partial charge is 0.319 e. The molecule has 7 nitrogen and oxygen atoms in total. The van der Waals surface area contributed by atoms with Crippen LogP contribution < -0.4 is 15.0 Å². The molecule has 4 fully saturated rings. The molecule has 4 aliphatic heterocycles. The molecule has 0 saturated carbocycles. The number of fused-ring (bicyclic) bond motifs is 4. The molecule has 2 bridgehead atoms. The van der Waals surface area contributed by atoms with Crippen LogP contribution in [0, 0.1) is 18.2 Å². The van der Waals surface area contributed by atoms with Gasteiger partial charge < -0.3 is 15.0 Å². The molecule has 4 atom stereocenters. The minimum atomic E-state index is -0.870. The number of aryl methyl sites for hydroxylation is 2. The summed E-state index contributed by atoms with van der Waals surface area (Å²) in [5.74, 6) is 2.78. The van der Waals surface area contributed by atoms with E-state index in [0.717, 1.165) is 63.5 Å². The third kappa shape index (κ3) is 3.97. The number of nitrogens with zero attached hydrogens (tertiary/aromatic N) is 5. The Labute approximate surface area is 255 Å². The minimum Gasteiger partial charge on any atom is -0.461 e. The first-order chi connectivity index (χ1) is 21.5. The lowest BCUT2D eigenvalue weighted by Gasteiger charge is -2.34. The summed E-state index contributed by atoms with van der Waals surface area (Å²) in [5.41, 5.74) is 3.50. The van der Waals surface area contributed by atoms with E-state index in [1.54, 1.807) is 0 Å². The van der Waals surface area contributed by atoms with Crippen molar-refractivity contribution in [2.75, 3.05) is 37.7 Å². The zero-order chi connectivity index (χ0) is 29.6. The topological polar surface area (TPSA) is 66.4 Å². The first-order valence-electron chi connectivity index (χ1n) is 15.9. The van der Waals surface area contributed by atoms with E-state index in [0.29, 0.717) is 47.5 Å². The van der Waals surface area contributed by atoms with Gasteiger partial charge in [-0.05, 0) is 72.9 Å². The Morgan fingerprint density at radius 2 is 1.84 bits per heavy atom. The predicted molar refractivity (Wildman–Crippen MR) is 166 cm³/mol. The monoisotopic (exact) mass is 592 g/mol.